The molecule has 0 saturated heterocycles. The van der Waals surface area contributed by atoms with E-state index in [9.17, 15) is 4.79 Å². The van der Waals surface area contributed by atoms with Crippen LogP contribution in [0, 0.1) is 0 Å². The van der Waals surface area contributed by atoms with Gasteiger partial charge in [0.2, 0.25) is 0 Å². The first-order valence-corrected chi connectivity index (χ1v) is 7.12. The van der Waals surface area contributed by atoms with Crippen LogP contribution in [-0.4, -0.2) is 9.97 Å². The number of benzene rings is 2. The highest BCUT2D eigenvalue weighted by Gasteiger charge is 2.08. The number of H-pyrrole nitrogens is 1. The Bertz CT molecular complexity index is 895. The minimum absolute atomic E-state index is 0.0975. The van der Waals surface area contributed by atoms with Crippen LogP contribution in [0.2, 0.25) is 5.02 Å². The summed E-state index contributed by atoms with van der Waals surface area (Å²) in [6.07, 6.45) is 0. The lowest BCUT2D eigenvalue weighted by Gasteiger charge is -2.07. The molecule has 0 aliphatic carbocycles. The molecule has 0 aliphatic heterocycles. The van der Waals surface area contributed by atoms with Gasteiger partial charge in [-0.15, -0.1) is 0 Å². The average molecular weight is 367 g/mol. The fraction of sp³-hybridized carbons (Fsp3) is 0. The van der Waals surface area contributed by atoms with Gasteiger partial charge in [-0.2, -0.15) is 4.98 Å². The number of halogens is 2. The van der Waals surface area contributed by atoms with E-state index < -0.39 is 0 Å². The van der Waals surface area contributed by atoms with Crippen LogP contribution in [0.25, 0.3) is 10.9 Å². The Balaban J connectivity index is 2.05. The second kappa shape index (κ2) is 5.38. The van der Waals surface area contributed by atoms with Gasteiger partial charge in [-0.1, -0.05) is 11.6 Å². The fourth-order valence-corrected chi connectivity index (χ4v) is 2.61. The molecule has 21 heavy (non-hydrogen) atoms. The summed E-state index contributed by atoms with van der Waals surface area (Å²) in [6, 6.07) is 10.1. The minimum atomic E-state index is -0.313. The van der Waals surface area contributed by atoms with Crippen molar-refractivity contribution in [2.75, 3.05) is 5.73 Å². The molecule has 0 radical (unpaired) electrons. The van der Waals surface area contributed by atoms with Crippen molar-refractivity contribution in [3.8, 4) is 11.8 Å². The monoisotopic (exact) mass is 365 g/mol. The fourth-order valence-electron chi connectivity index (χ4n) is 1.85. The van der Waals surface area contributed by atoms with Crippen molar-refractivity contribution in [3.05, 3.63) is 56.2 Å². The number of hydrogen-bond acceptors (Lipinski definition) is 4. The van der Waals surface area contributed by atoms with Gasteiger partial charge in [0.05, 0.1) is 15.4 Å². The second-order valence-electron chi connectivity index (χ2n) is 4.32. The van der Waals surface area contributed by atoms with Crippen molar-refractivity contribution in [2.45, 2.75) is 0 Å². The van der Waals surface area contributed by atoms with E-state index in [1.807, 2.05) is 0 Å². The summed E-state index contributed by atoms with van der Waals surface area (Å²) < 4.78 is 6.24. The van der Waals surface area contributed by atoms with Gasteiger partial charge in [0.1, 0.15) is 5.75 Å². The minimum Gasteiger partial charge on any atom is -0.424 e. The maximum absolute atomic E-state index is 12.0. The normalized spacial score (nSPS) is 10.8. The van der Waals surface area contributed by atoms with Gasteiger partial charge in [-0.25, -0.2) is 0 Å². The number of rotatable bonds is 2. The number of nitrogen functional groups attached to an aromatic ring is 1. The first-order chi connectivity index (χ1) is 10.0. The highest BCUT2D eigenvalue weighted by atomic mass is 79.9. The molecule has 0 aliphatic rings. The molecule has 1 aromatic heterocycles. The van der Waals surface area contributed by atoms with Crippen LogP contribution in [0.5, 0.6) is 11.8 Å². The summed E-state index contributed by atoms with van der Waals surface area (Å²) in [5, 5.41) is 0.988. The largest absolute Gasteiger partial charge is 0.424 e. The van der Waals surface area contributed by atoms with Crippen LogP contribution in [-0.2, 0) is 0 Å². The van der Waals surface area contributed by atoms with Crippen LogP contribution >= 0.6 is 27.5 Å². The topological polar surface area (TPSA) is 81.0 Å². The Kier molecular flexibility index (Phi) is 3.57. The number of aromatic amines is 1. The molecule has 7 heteroatoms. The number of hydrogen-bond donors (Lipinski definition) is 2. The van der Waals surface area contributed by atoms with E-state index >= 15 is 0 Å². The lowest BCUT2D eigenvalue weighted by molar-refractivity contribution is 0.440. The van der Waals surface area contributed by atoms with Crippen molar-refractivity contribution < 1.29 is 4.74 Å². The lowest BCUT2D eigenvalue weighted by atomic mass is 10.2. The van der Waals surface area contributed by atoms with Gasteiger partial charge in [0.15, 0.2) is 0 Å². The van der Waals surface area contributed by atoms with Gasteiger partial charge in [-0.05, 0) is 52.3 Å². The molecule has 2 aromatic carbocycles. The predicted molar refractivity (Wildman–Crippen MR) is 86.0 cm³/mol. The maximum Gasteiger partial charge on any atom is 0.302 e. The van der Waals surface area contributed by atoms with Crippen LogP contribution in [0.15, 0.2) is 45.7 Å². The highest BCUT2D eigenvalue weighted by Crippen LogP contribution is 2.30. The highest BCUT2D eigenvalue weighted by molar-refractivity contribution is 9.10. The van der Waals surface area contributed by atoms with E-state index in [-0.39, 0.29) is 11.6 Å². The molecule has 3 N–H and O–H groups in total. The number of fused-ring (bicyclic) bond motifs is 1. The SMILES string of the molecule is Nc1ccc2nc(Oc3ccc(Cl)cc3Br)[nH]c(=O)c2c1. The standard InChI is InChI=1S/C14H9BrClN3O2/c15-10-5-7(16)1-4-12(10)21-14-18-11-3-2-8(17)6-9(11)13(20)19-14/h1-6H,17H2,(H,18,19,20). The smallest absolute Gasteiger partial charge is 0.302 e. The second-order valence-corrected chi connectivity index (χ2v) is 5.62. The molecule has 0 spiro atoms. The third kappa shape index (κ3) is 2.86. The van der Waals surface area contributed by atoms with Gasteiger partial charge in [-0.3, -0.25) is 9.78 Å². The molecular weight excluding hydrogens is 358 g/mol. The zero-order valence-electron chi connectivity index (χ0n) is 10.6. The van der Waals surface area contributed by atoms with E-state index in [0.717, 1.165) is 0 Å². The van der Waals surface area contributed by atoms with Crippen molar-refractivity contribution in [1.29, 1.82) is 0 Å². The summed E-state index contributed by atoms with van der Waals surface area (Å²) in [7, 11) is 0. The quantitative estimate of drug-likeness (QED) is 0.677. The van der Waals surface area contributed by atoms with E-state index in [0.29, 0.717) is 31.8 Å². The molecule has 3 aromatic rings. The lowest BCUT2D eigenvalue weighted by Crippen LogP contribution is -2.09. The molecule has 106 valence electrons. The van der Waals surface area contributed by atoms with Crippen LogP contribution in [0.3, 0.4) is 0 Å². The number of aromatic nitrogens is 2. The van der Waals surface area contributed by atoms with Crippen molar-refractivity contribution in [1.82, 2.24) is 9.97 Å². The zero-order chi connectivity index (χ0) is 15.0. The zero-order valence-corrected chi connectivity index (χ0v) is 12.9. The van der Waals surface area contributed by atoms with E-state index in [2.05, 4.69) is 25.9 Å². The number of anilines is 1. The average Bonchev–Trinajstić information content (AvgIpc) is 2.43. The van der Waals surface area contributed by atoms with Crippen molar-refractivity contribution in [3.63, 3.8) is 0 Å². The van der Waals surface area contributed by atoms with Crippen LogP contribution in [0.1, 0.15) is 0 Å². The first kappa shape index (κ1) is 13.9. The van der Waals surface area contributed by atoms with E-state index in [1.54, 1.807) is 36.4 Å². The summed E-state index contributed by atoms with van der Waals surface area (Å²) in [5.74, 6) is 0.498. The Morgan fingerprint density at radius 3 is 2.81 bits per heavy atom. The van der Waals surface area contributed by atoms with Crippen molar-refractivity contribution in [2.24, 2.45) is 0 Å². The number of nitrogens with two attached hydrogens (primary N) is 1. The predicted octanol–water partition coefficient (Wildman–Crippen LogP) is 3.71. The summed E-state index contributed by atoms with van der Waals surface area (Å²) in [4.78, 5) is 18.8. The van der Waals surface area contributed by atoms with Crippen LogP contribution < -0.4 is 16.0 Å². The molecule has 0 atom stereocenters. The molecule has 1 heterocycles. The third-order valence-corrected chi connectivity index (χ3v) is 3.66. The van der Waals surface area contributed by atoms with Crippen molar-refractivity contribution >= 4 is 44.1 Å². The molecule has 5 nitrogen and oxygen atoms in total. The molecule has 0 unspecified atom stereocenters. The summed E-state index contributed by atoms with van der Waals surface area (Å²) in [5.41, 5.74) is 6.36. The van der Waals surface area contributed by atoms with Gasteiger partial charge >= 0.3 is 6.01 Å². The number of nitrogens with one attached hydrogen (secondary N) is 1. The Hall–Kier alpha value is -2.05. The Morgan fingerprint density at radius 2 is 2.05 bits per heavy atom. The summed E-state index contributed by atoms with van der Waals surface area (Å²) in [6.45, 7) is 0. The summed E-state index contributed by atoms with van der Waals surface area (Å²) >= 11 is 9.20. The molecule has 0 fully saturated rings. The van der Waals surface area contributed by atoms with E-state index in [4.69, 9.17) is 22.1 Å². The van der Waals surface area contributed by atoms with Gasteiger partial charge in [0.25, 0.3) is 5.56 Å². The third-order valence-electron chi connectivity index (χ3n) is 2.81. The molecular formula is C14H9BrClN3O2. The number of ether oxygens (including phenoxy) is 1. The Morgan fingerprint density at radius 1 is 1.24 bits per heavy atom. The number of nitrogens with zero attached hydrogens (tertiary/aromatic N) is 1. The molecule has 0 saturated carbocycles. The molecule has 3 rings (SSSR count). The Labute approximate surface area is 132 Å². The van der Waals surface area contributed by atoms with Gasteiger partial charge in [0, 0.05) is 10.7 Å². The van der Waals surface area contributed by atoms with Gasteiger partial charge < -0.3 is 10.5 Å². The van der Waals surface area contributed by atoms with Crippen LogP contribution in [0.4, 0.5) is 5.69 Å². The van der Waals surface area contributed by atoms with E-state index in [1.165, 1.54) is 0 Å². The maximum atomic E-state index is 12.0. The first-order valence-electron chi connectivity index (χ1n) is 5.95. The molecule has 0 bridgehead atoms. The molecule has 0 amide bonds.